The van der Waals surface area contributed by atoms with Gasteiger partial charge in [-0.25, -0.2) is 0 Å². The van der Waals surface area contributed by atoms with E-state index < -0.39 is 0 Å². The third-order valence-corrected chi connectivity index (χ3v) is 4.83. The predicted molar refractivity (Wildman–Crippen MR) is 92.9 cm³/mol. The average molecular weight is 341 g/mol. The number of aromatic nitrogens is 2. The van der Waals surface area contributed by atoms with E-state index in [0.717, 1.165) is 30.0 Å². The minimum Gasteiger partial charge on any atom is -0.486 e. The number of fused-ring (bicyclic) bond motifs is 2. The molecule has 0 unspecified atom stereocenters. The summed E-state index contributed by atoms with van der Waals surface area (Å²) in [6.45, 7) is 0.899. The largest absolute Gasteiger partial charge is 0.486 e. The van der Waals surface area contributed by atoms with Crippen molar-refractivity contribution < 1.29 is 14.3 Å². The zero-order valence-corrected chi connectivity index (χ0v) is 14.2. The Labute approximate surface area is 146 Å². The van der Waals surface area contributed by atoms with Crippen molar-refractivity contribution in [3.8, 4) is 11.5 Å². The van der Waals surface area contributed by atoms with E-state index >= 15 is 0 Å². The van der Waals surface area contributed by atoms with Gasteiger partial charge in [-0.15, -0.1) is 0 Å². The quantitative estimate of drug-likeness (QED) is 0.874. The van der Waals surface area contributed by atoms with Gasteiger partial charge in [0.15, 0.2) is 11.5 Å². The molecule has 0 saturated heterocycles. The molecule has 1 aromatic heterocycles. The standard InChI is InChI=1S/C19H23N3O3/c23-19(10-9-16-14-5-1-2-6-15(14)21-22-16)20-11-13-12-24-17-7-3-4-8-18(17)25-13/h3-4,7-8,13H,1-2,5-6,9-12H2,(H,20,23)(H,21,22)/t13-/m1/s1. The smallest absolute Gasteiger partial charge is 0.220 e. The van der Waals surface area contributed by atoms with Crippen molar-refractivity contribution in [3.05, 3.63) is 41.2 Å². The minimum atomic E-state index is -0.156. The summed E-state index contributed by atoms with van der Waals surface area (Å²) in [5.41, 5.74) is 3.64. The SMILES string of the molecule is O=C(CCc1n[nH]c2c1CCCC2)NC[C@@H]1COc2ccccc2O1. The summed E-state index contributed by atoms with van der Waals surface area (Å²) < 4.78 is 11.5. The van der Waals surface area contributed by atoms with E-state index in [1.807, 2.05) is 24.3 Å². The number of amides is 1. The van der Waals surface area contributed by atoms with Gasteiger partial charge in [0.2, 0.25) is 5.91 Å². The van der Waals surface area contributed by atoms with Crippen LogP contribution < -0.4 is 14.8 Å². The van der Waals surface area contributed by atoms with E-state index in [1.54, 1.807) is 0 Å². The van der Waals surface area contributed by atoms with Gasteiger partial charge in [0.05, 0.1) is 12.2 Å². The summed E-state index contributed by atoms with van der Waals surface area (Å²) in [5.74, 6) is 1.51. The number of ether oxygens (including phenoxy) is 2. The maximum atomic E-state index is 12.1. The summed E-state index contributed by atoms with van der Waals surface area (Å²) in [6, 6.07) is 7.59. The number of carbonyl (C=O) groups excluding carboxylic acids is 1. The van der Waals surface area contributed by atoms with Crippen LogP contribution in [-0.4, -0.2) is 35.4 Å². The molecule has 0 spiro atoms. The summed E-state index contributed by atoms with van der Waals surface area (Å²) in [7, 11) is 0. The lowest BCUT2D eigenvalue weighted by Crippen LogP contribution is -2.40. The number of aromatic amines is 1. The molecule has 0 bridgehead atoms. The van der Waals surface area contributed by atoms with Gasteiger partial charge in [-0.1, -0.05) is 12.1 Å². The lowest BCUT2D eigenvalue weighted by molar-refractivity contribution is -0.121. The van der Waals surface area contributed by atoms with Crippen molar-refractivity contribution in [1.82, 2.24) is 15.5 Å². The van der Waals surface area contributed by atoms with Gasteiger partial charge in [0.25, 0.3) is 0 Å². The van der Waals surface area contributed by atoms with E-state index in [2.05, 4.69) is 15.5 Å². The summed E-state index contributed by atoms with van der Waals surface area (Å²) in [4.78, 5) is 12.1. The van der Waals surface area contributed by atoms with E-state index in [1.165, 1.54) is 24.1 Å². The first kappa shape index (κ1) is 16.0. The van der Waals surface area contributed by atoms with Crippen molar-refractivity contribution in [2.24, 2.45) is 0 Å². The van der Waals surface area contributed by atoms with Crippen LogP contribution in [-0.2, 0) is 24.1 Å². The molecule has 6 nitrogen and oxygen atoms in total. The lowest BCUT2D eigenvalue weighted by atomic mass is 9.94. The summed E-state index contributed by atoms with van der Waals surface area (Å²) in [5, 5.41) is 10.5. The van der Waals surface area contributed by atoms with Crippen LogP contribution >= 0.6 is 0 Å². The second kappa shape index (κ2) is 7.17. The van der Waals surface area contributed by atoms with Crippen molar-refractivity contribution in [1.29, 1.82) is 0 Å². The number of H-pyrrole nitrogens is 1. The third kappa shape index (κ3) is 3.62. The Hall–Kier alpha value is -2.50. The van der Waals surface area contributed by atoms with E-state index in [-0.39, 0.29) is 12.0 Å². The first-order valence-corrected chi connectivity index (χ1v) is 9.00. The average Bonchev–Trinajstić information content (AvgIpc) is 3.08. The molecule has 1 amide bonds. The van der Waals surface area contributed by atoms with Crippen molar-refractivity contribution >= 4 is 5.91 Å². The maximum Gasteiger partial charge on any atom is 0.220 e. The first-order chi connectivity index (χ1) is 12.3. The van der Waals surface area contributed by atoms with Crippen molar-refractivity contribution in [2.45, 2.75) is 44.6 Å². The van der Waals surface area contributed by atoms with Crippen LogP contribution in [0.5, 0.6) is 11.5 Å². The molecule has 1 atom stereocenters. The molecule has 0 fully saturated rings. The van der Waals surface area contributed by atoms with E-state index in [4.69, 9.17) is 9.47 Å². The lowest BCUT2D eigenvalue weighted by Gasteiger charge is -2.26. The number of nitrogens with zero attached hydrogens (tertiary/aromatic N) is 1. The second-order valence-electron chi connectivity index (χ2n) is 6.64. The number of para-hydroxylation sites is 2. The molecule has 2 N–H and O–H groups in total. The topological polar surface area (TPSA) is 76.2 Å². The second-order valence-corrected chi connectivity index (χ2v) is 6.64. The van der Waals surface area contributed by atoms with Crippen LogP contribution in [0.15, 0.2) is 24.3 Å². The highest BCUT2D eigenvalue weighted by molar-refractivity contribution is 5.76. The molecule has 0 saturated carbocycles. The fraction of sp³-hybridized carbons (Fsp3) is 0.474. The summed E-state index contributed by atoms with van der Waals surface area (Å²) in [6.07, 6.45) is 5.57. The molecule has 2 heterocycles. The van der Waals surface area contributed by atoms with Gasteiger partial charge in [0.1, 0.15) is 12.7 Å². The van der Waals surface area contributed by atoms with Crippen LogP contribution in [0.25, 0.3) is 0 Å². The Morgan fingerprint density at radius 3 is 3.00 bits per heavy atom. The van der Waals surface area contributed by atoms with Crippen LogP contribution in [0.2, 0.25) is 0 Å². The number of hydrogen-bond acceptors (Lipinski definition) is 4. The Kier molecular flexibility index (Phi) is 4.59. The molecule has 2 aromatic rings. The molecule has 4 rings (SSSR count). The number of nitrogens with one attached hydrogen (secondary N) is 2. The summed E-state index contributed by atoms with van der Waals surface area (Å²) >= 11 is 0. The van der Waals surface area contributed by atoms with Crippen LogP contribution in [0.4, 0.5) is 0 Å². The Morgan fingerprint density at radius 2 is 2.08 bits per heavy atom. The molecule has 1 aliphatic carbocycles. The Bertz CT molecular complexity index is 756. The number of benzene rings is 1. The van der Waals surface area contributed by atoms with Gasteiger partial charge in [0, 0.05) is 18.5 Å². The molecule has 6 heteroatoms. The monoisotopic (exact) mass is 341 g/mol. The van der Waals surface area contributed by atoms with Crippen molar-refractivity contribution in [2.75, 3.05) is 13.2 Å². The zero-order chi connectivity index (χ0) is 17.1. The molecular weight excluding hydrogens is 318 g/mol. The molecule has 0 radical (unpaired) electrons. The minimum absolute atomic E-state index is 0.0232. The molecule has 25 heavy (non-hydrogen) atoms. The van der Waals surface area contributed by atoms with E-state index in [0.29, 0.717) is 26.0 Å². The number of rotatable bonds is 5. The fourth-order valence-electron chi connectivity index (χ4n) is 3.47. The predicted octanol–water partition coefficient (Wildman–Crippen LogP) is 2.18. The molecule has 1 aromatic carbocycles. The molecule has 2 aliphatic rings. The van der Waals surface area contributed by atoms with Gasteiger partial charge < -0.3 is 14.8 Å². The van der Waals surface area contributed by atoms with Gasteiger partial charge in [-0.2, -0.15) is 5.10 Å². The van der Waals surface area contributed by atoms with Gasteiger partial charge in [-0.05, 0) is 43.4 Å². The van der Waals surface area contributed by atoms with Crippen molar-refractivity contribution in [3.63, 3.8) is 0 Å². The first-order valence-electron chi connectivity index (χ1n) is 9.00. The van der Waals surface area contributed by atoms with Crippen LogP contribution in [0.1, 0.15) is 36.2 Å². The van der Waals surface area contributed by atoms with E-state index in [9.17, 15) is 4.79 Å². The molecule has 132 valence electrons. The molecule has 1 aliphatic heterocycles. The maximum absolute atomic E-state index is 12.1. The van der Waals surface area contributed by atoms with Crippen LogP contribution in [0.3, 0.4) is 0 Å². The Balaban J connectivity index is 1.24. The third-order valence-electron chi connectivity index (χ3n) is 4.83. The highest BCUT2D eigenvalue weighted by atomic mass is 16.6. The number of carbonyl (C=O) groups is 1. The number of hydrogen-bond donors (Lipinski definition) is 2. The number of aryl methyl sites for hydroxylation is 2. The van der Waals surface area contributed by atoms with Gasteiger partial charge in [-0.3, -0.25) is 9.89 Å². The van der Waals surface area contributed by atoms with Gasteiger partial charge >= 0.3 is 0 Å². The fourth-order valence-corrected chi connectivity index (χ4v) is 3.47. The van der Waals surface area contributed by atoms with Crippen LogP contribution in [0, 0.1) is 0 Å². The zero-order valence-electron chi connectivity index (χ0n) is 14.2. The molecular formula is C19H23N3O3. The normalized spacial score (nSPS) is 18.5. The highest BCUT2D eigenvalue weighted by Gasteiger charge is 2.21. The Morgan fingerprint density at radius 1 is 1.24 bits per heavy atom. The highest BCUT2D eigenvalue weighted by Crippen LogP contribution is 2.30.